The number of nitrogen functional groups attached to an aromatic ring is 1. The maximum absolute atomic E-state index is 5.97. The second kappa shape index (κ2) is 5.18. The SMILES string of the molecule is COCC1CCN(c2ncnc(OC)c2N)C1. The van der Waals surface area contributed by atoms with Gasteiger partial charge in [-0.1, -0.05) is 0 Å². The van der Waals surface area contributed by atoms with E-state index in [1.807, 2.05) is 0 Å². The van der Waals surface area contributed by atoms with Crippen molar-refractivity contribution >= 4 is 11.5 Å². The second-order valence-electron chi connectivity index (χ2n) is 4.18. The zero-order valence-electron chi connectivity index (χ0n) is 10.2. The van der Waals surface area contributed by atoms with Crippen molar-refractivity contribution in [1.82, 2.24) is 9.97 Å². The van der Waals surface area contributed by atoms with Gasteiger partial charge in [-0.3, -0.25) is 0 Å². The summed E-state index contributed by atoms with van der Waals surface area (Å²) in [4.78, 5) is 10.4. The molecule has 0 spiro atoms. The lowest BCUT2D eigenvalue weighted by atomic mass is 10.1. The van der Waals surface area contributed by atoms with Gasteiger partial charge in [-0.05, 0) is 6.42 Å². The number of hydrogen-bond acceptors (Lipinski definition) is 6. The smallest absolute Gasteiger partial charge is 0.242 e. The average molecular weight is 238 g/mol. The van der Waals surface area contributed by atoms with Crippen LogP contribution in [-0.4, -0.2) is 43.9 Å². The molecule has 1 aliphatic rings. The molecule has 0 aliphatic carbocycles. The molecular formula is C11H18N4O2. The van der Waals surface area contributed by atoms with E-state index in [2.05, 4.69) is 14.9 Å². The van der Waals surface area contributed by atoms with E-state index in [0.717, 1.165) is 31.9 Å². The highest BCUT2D eigenvalue weighted by Gasteiger charge is 2.25. The largest absolute Gasteiger partial charge is 0.479 e. The predicted molar refractivity (Wildman–Crippen MR) is 65.2 cm³/mol. The summed E-state index contributed by atoms with van der Waals surface area (Å²) in [6.07, 6.45) is 2.58. The van der Waals surface area contributed by atoms with Gasteiger partial charge in [0.15, 0.2) is 5.82 Å². The number of nitrogens with two attached hydrogens (primary N) is 1. The highest BCUT2D eigenvalue weighted by molar-refractivity contribution is 5.68. The first-order chi connectivity index (χ1) is 8.26. The van der Waals surface area contributed by atoms with Gasteiger partial charge in [-0.2, -0.15) is 4.98 Å². The third-order valence-electron chi connectivity index (χ3n) is 3.01. The number of anilines is 2. The van der Waals surface area contributed by atoms with E-state index in [9.17, 15) is 0 Å². The summed E-state index contributed by atoms with van der Waals surface area (Å²) in [5.74, 6) is 1.74. The summed E-state index contributed by atoms with van der Waals surface area (Å²) >= 11 is 0. The molecule has 1 aliphatic heterocycles. The molecule has 6 heteroatoms. The van der Waals surface area contributed by atoms with Crippen LogP contribution in [0.2, 0.25) is 0 Å². The van der Waals surface area contributed by atoms with Crippen molar-refractivity contribution in [1.29, 1.82) is 0 Å². The van der Waals surface area contributed by atoms with Crippen LogP contribution in [0.3, 0.4) is 0 Å². The molecule has 2 rings (SSSR count). The molecule has 0 saturated carbocycles. The quantitative estimate of drug-likeness (QED) is 0.825. The van der Waals surface area contributed by atoms with Gasteiger partial charge in [0.1, 0.15) is 12.0 Å². The normalized spacial score (nSPS) is 19.6. The van der Waals surface area contributed by atoms with Gasteiger partial charge in [0.2, 0.25) is 5.88 Å². The molecule has 2 N–H and O–H groups in total. The highest BCUT2D eigenvalue weighted by atomic mass is 16.5. The third-order valence-corrected chi connectivity index (χ3v) is 3.01. The van der Waals surface area contributed by atoms with E-state index in [0.29, 0.717) is 17.5 Å². The summed E-state index contributed by atoms with van der Waals surface area (Å²) in [6.45, 7) is 2.63. The Balaban J connectivity index is 2.13. The second-order valence-corrected chi connectivity index (χ2v) is 4.18. The number of ether oxygens (including phenoxy) is 2. The topological polar surface area (TPSA) is 73.5 Å². The highest BCUT2D eigenvalue weighted by Crippen LogP contribution is 2.31. The van der Waals surface area contributed by atoms with E-state index >= 15 is 0 Å². The first-order valence-corrected chi connectivity index (χ1v) is 5.64. The van der Waals surface area contributed by atoms with Gasteiger partial charge in [-0.15, -0.1) is 0 Å². The molecule has 0 aromatic carbocycles. The molecule has 1 aromatic rings. The lowest BCUT2D eigenvalue weighted by Crippen LogP contribution is -2.23. The molecule has 0 radical (unpaired) electrons. The Kier molecular flexibility index (Phi) is 3.63. The van der Waals surface area contributed by atoms with Crippen molar-refractivity contribution in [2.24, 2.45) is 5.92 Å². The van der Waals surface area contributed by atoms with Crippen molar-refractivity contribution in [3.8, 4) is 5.88 Å². The lowest BCUT2D eigenvalue weighted by Gasteiger charge is -2.19. The van der Waals surface area contributed by atoms with Gasteiger partial charge in [0.05, 0.1) is 13.7 Å². The Bertz CT molecular complexity index is 386. The van der Waals surface area contributed by atoms with Crippen molar-refractivity contribution in [2.45, 2.75) is 6.42 Å². The third kappa shape index (κ3) is 2.41. The molecular weight excluding hydrogens is 220 g/mol. The minimum Gasteiger partial charge on any atom is -0.479 e. The Morgan fingerprint density at radius 2 is 2.29 bits per heavy atom. The number of rotatable bonds is 4. The Morgan fingerprint density at radius 3 is 3.00 bits per heavy atom. The number of hydrogen-bond donors (Lipinski definition) is 1. The first kappa shape index (κ1) is 11.9. The minimum absolute atomic E-state index is 0.435. The maximum Gasteiger partial charge on any atom is 0.242 e. The molecule has 2 heterocycles. The van der Waals surface area contributed by atoms with E-state index < -0.39 is 0 Å². The number of aromatic nitrogens is 2. The van der Waals surface area contributed by atoms with Crippen LogP contribution < -0.4 is 15.4 Å². The monoisotopic (exact) mass is 238 g/mol. The summed E-state index contributed by atoms with van der Waals surface area (Å²) in [6, 6.07) is 0. The summed E-state index contributed by atoms with van der Waals surface area (Å²) in [5, 5.41) is 0. The van der Waals surface area contributed by atoms with Crippen molar-refractivity contribution in [3.05, 3.63) is 6.33 Å². The summed E-state index contributed by atoms with van der Waals surface area (Å²) < 4.78 is 10.3. The molecule has 0 amide bonds. The first-order valence-electron chi connectivity index (χ1n) is 5.64. The van der Waals surface area contributed by atoms with Gasteiger partial charge in [0, 0.05) is 26.1 Å². The Labute approximate surface area is 101 Å². The van der Waals surface area contributed by atoms with Crippen molar-refractivity contribution in [3.63, 3.8) is 0 Å². The molecule has 0 bridgehead atoms. The van der Waals surface area contributed by atoms with Crippen molar-refractivity contribution < 1.29 is 9.47 Å². The lowest BCUT2D eigenvalue weighted by molar-refractivity contribution is 0.161. The summed E-state index contributed by atoms with van der Waals surface area (Å²) in [5.41, 5.74) is 6.48. The zero-order chi connectivity index (χ0) is 12.3. The zero-order valence-corrected chi connectivity index (χ0v) is 10.2. The fourth-order valence-electron chi connectivity index (χ4n) is 2.18. The molecule has 1 aromatic heterocycles. The van der Waals surface area contributed by atoms with Crippen LogP contribution in [0.15, 0.2) is 6.33 Å². The van der Waals surface area contributed by atoms with Crippen LogP contribution in [0.1, 0.15) is 6.42 Å². The average Bonchev–Trinajstić information content (AvgIpc) is 2.78. The minimum atomic E-state index is 0.435. The molecule has 1 saturated heterocycles. The van der Waals surface area contributed by atoms with Crippen LogP contribution in [0.5, 0.6) is 5.88 Å². The van der Waals surface area contributed by atoms with Crippen LogP contribution in [0, 0.1) is 5.92 Å². The fraction of sp³-hybridized carbons (Fsp3) is 0.636. The summed E-state index contributed by atoms with van der Waals surface area (Å²) in [7, 11) is 3.28. The van der Waals surface area contributed by atoms with Crippen LogP contribution in [0.25, 0.3) is 0 Å². The van der Waals surface area contributed by atoms with E-state index in [1.165, 1.54) is 6.33 Å². The maximum atomic E-state index is 5.97. The van der Waals surface area contributed by atoms with E-state index in [1.54, 1.807) is 14.2 Å². The van der Waals surface area contributed by atoms with Crippen LogP contribution in [0.4, 0.5) is 11.5 Å². The van der Waals surface area contributed by atoms with Crippen LogP contribution >= 0.6 is 0 Å². The standard InChI is InChI=1S/C11H18N4O2/c1-16-6-8-3-4-15(5-8)10-9(12)11(17-2)14-7-13-10/h7-8H,3-6,12H2,1-2H3. The van der Waals surface area contributed by atoms with Crippen molar-refractivity contribution in [2.75, 3.05) is 44.5 Å². The molecule has 1 atom stereocenters. The molecule has 94 valence electrons. The predicted octanol–water partition coefficient (Wildman–Crippen LogP) is 0.540. The Morgan fingerprint density at radius 1 is 1.47 bits per heavy atom. The molecule has 6 nitrogen and oxygen atoms in total. The van der Waals surface area contributed by atoms with Gasteiger partial charge >= 0.3 is 0 Å². The molecule has 1 unspecified atom stereocenters. The number of nitrogens with zero attached hydrogens (tertiary/aromatic N) is 3. The van der Waals surface area contributed by atoms with Gasteiger partial charge in [-0.25, -0.2) is 4.98 Å². The number of methoxy groups -OCH3 is 2. The molecule has 17 heavy (non-hydrogen) atoms. The van der Waals surface area contributed by atoms with Gasteiger partial charge < -0.3 is 20.1 Å². The fourth-order valence-corrected chi connectivity index (χ4v) is 2.18. The Hall–Kier alpha value is -1.56. The molecule has 1 fully saturated rings. The van der Waals surface area contributed by atoms with Gasteiger partial charge in [0.25, 0.3) is 0 Å². The van der Waals surface area contributed by atoms with E-state index in [-0.39, 0.29) is 0 Å². The van der Waals surface area contributed by atoms with E-state index in [4.69, 9.17) is 15.2 Å². The van der Waals surface area contributed by atoms with Crippen LogP contribution in [-0.2, 0) is 4.74 Å².